The third-order valence-electron chi connectivity index (χ3n) is 4.75. The summed E-state index contributed by atoms with van der Waals surface area (Å²) in [4.78, 5) is 14.6. The molecule has 2 aromatic carbocycles. The molecule has 3 heterocycles. The third-order valence-corrected chi connectivity index (χ3v) is 5.74. The van der Waals surface area contributed by atoms with E-state index in [2.05, 4.69) is 15.5 Å². The molecule has 0 bridgehead atoms. The normalized spacial score (nSPS) is 11.0. The fraction of sp³-hybridized carbons (Fsp3) is 0.0435. The van der Waals surface area contributed by atoms with Gasteiger partial charge in [-0.05, 0) is 67.6 Å². The summed E-state index contributed by atoms with van der Waals surface area (Å²) >= 11 is 1.64. The molecule has 0 fully saturated rings. The van der Waals surface area contributed by atoms with Crippen molar-refractivity contribution in [3.8, 4) is 22.0 Å². The number of thiophene rings is 1. The van der Waals surface area contributed by atoms with Gasteiger partial charge in [0.25, 0.3) is 5.91 Å². The highest BCUT2D eigenvalue weighted by Crippen LogP contribution is 2.27. The van der Waals surface area contributed by atoms with Crippen LogP contribution in [-0.4, -0.2) is 25.7 Å². The SMILES string of the molecule is Cc1ccc(-c2nnc3ccc(-c4cccc(NC(=O)c5ccc(F)cc5)c4)nn23)s1. The second-order valence-electron chi connectivity index (χ2n) is 6.96. The minimum absolute atomic E-state index is 0.310. The lowest BCUT2D eigenvalue weighted by Crippen LogP contribution is -2.11. The van der Waals surface area contributed by atoms with Gasteiger partial charge in [-0.15, -0.1) is 21.5 Å². The molecule has 31 heavy (non-hydrogen) atoms. The van der Waals surface area contributed by atoms with E-state index in [4.69, 9.17) is 5.10 Å². The van der Waals surface area contributed by atoms with E-state index in [0.717, 1.165) is 16.1 Å². The van der Waals surface area contributed by atoms with Gasteiger partial charge in [-0.1, -0.05) is 12.1 Å². The largest absolute Gasteiger partial charge is 0.322 e. The zero-order valence-corrected chi connectivity index (χ0v) is 17.2. The van der Waals surface area contributed by atoms with Crippen LogP contribution in [0, 0.1) is 12.7 Å². The molecule has 1 amide bonds. The van der Waals surface area contributed by atoms with Gasteiger partial charge >= 0.3 is 0 Å². The highest BCUT2D eigenvalue weighted by atomic mass is 32.1. The molecule has 3 aromatic heterocycles. The Bertz CT molecular complexity index is 1410. The molecule has 152 valence electrons. The number of aromatic nitrogens is 4. The first-order chi connectivity index (χ1) is 15.1. The number of anilines is 1. The Hall–Kier alpha value is -3.91. The maximum atomic E-state index is 13.1. The van der Waals surface area contributed by atoms with Crippen molar-refractivity contribution in [2.24, 2.45) is 0 Å². The lowest BCUT2D eigenvalue weighted by Gasteiger charge is -2.08. The maximum absolute atomic E-state index is 13.1. The van der Waals surface area contributed by atoms with Gasteiger partial charge in [0, 0.05) is 21.7 Å². The smallest absolute Gasteiger partial charge is 0.255 e. The van der Waals surface area contributed by atoms with Gasteiger partial charge in [-0.2, -0.15) is 9.61 Å². The number of nitrogens with zero attached hydrogens (tertiary/aromatic N) is 4. The Morgan fingerprint density at radius 1 is 1.00 bits per heavy atom. The number of nitrogens with one attached hydrogen (secondary N) is 1. The first kappa shape index (κ1) is 19.1. The standard InChI is InChI=1S/C23H16FN5OS/c1-14-5-11-20(31-14)22-27-26-21-12-10-19(28-29(21)22)16-3-2-4-18(13-16)25-23(30)15-6-8-17(24)9-7-15/h2-13H,1H3,(H,25,30). The summed E-state index contributed by atoms with van der Waals surface area (Å²) in [7, 11) is 0. The summed E-state index contributed by atoms with van der Waals surface area (Å²) in [5.41, 5.74) is 3.21. The predicted octanol–water partition coefficient (Wildman–Crippen LogP) is 5.22. The van der Waals surface area contributed by atoms with E-state index < -0.39 is 0 Å². The lowest BCUT2D eigenvalue weighted by molar-refractivity contribution is 0.102. The number of carbonyl (C=O) groups is 1. The van der Waals surface area contributed by atoms with Gasteiger partial charge in [-0.25, -0.2) is 4.39 Å². The van der Waals surface area contributed by atoms with Crippen LogP contribution in [0.5, 0.6) is 0 Å². The molecule has 0 aliphatic rings. The summed E-state index contributed by atoms with van der Waals surface area (Å²) < 4.78 is 14.8. The number of hydrogen-bond acceptors (Lipinski definition) is 5. The van der Waals surface area contributed by atoms with Crippen LogP contribution in [0.15, 0.2) is 72.8 Å². The van der Waals surface area contributed by atoms with E-state index in [1.54, 1.807) is 21.9 Å². The molecule has 5 rings (SSSR count). The van der Waals surface area contributed by atoms with Crippen molar-refractivity contribution in [2.75, 3.05) is 5.32 Å². The quantitative estimate of drug-likeness (QED) is 0.425. The summed E-state index contributed by atoms with van der Waals surface area (Å²) in [6.07, 6.45) is 0. The molecule has 0 atom stereocenters. The minimum atomic E-state index is -0.383. The first-order valence-corrected chi connectivity index (χ1v) is 10.3. The fourth-order valence-electron chi connectivity index (χ4n) is 3.21. The summed E-state index contributed by atoms with van der Waals surface area (Å²) in [5, 5.41) is 16.1. The Morgan fingerprint density at radius 3 is 2.61 bits per heavy atom. The van der Waals surface area contributed by atoms with E-state index in [1.807, 2.05) is 49.4 Å². The molecule has 0 unspecified atom stereocenters. The molecule has 5 aromatic rings. The Balaban J connectivity index is 1.46. The molecule has 0 saturated carbocycles. The number of amides is 1. The summed E-state index contributed by atoms with van der Waals surface area (Å²) in [5.74, 6) is -0.00322. The van der Waals surface area contributed by atoms with E-state index in [-0.39, 0.29) is 11.7 Å². The predicted molar refractivity (Wildman–Crippen MR) is 119 cm³/mol. The lowest BCUT2D eigenvalue weighted by atomic mass is 10.1. The van der Waals surface area contributed by atoms with Crippen molar-refractivity contribution in [2.45, 2.75) is 6.92 Å². The number of rotatable bonds is 4. The molecule has 8 heteroatoms. The van der Waals surface area contributed by atoms with Gasteiger partial charge in [0.2, 0.25) is 0 Å². The zero-order chi connectivity index (χ0) is 21.4. The summed E-state index contributed by atoms with van der Waals surface area (Å²) in [6, 6.07) is 20.6. The second-order valence-corrected chi connectivity index (χ2v) is 8.25. The Morgan fingerprint density at radius 2 is 1.84 bits per heavy atom. The Kier molecular flexibility index (Phi) is 4.76. The van der Waals surface area contributed by atoms with Crippen molar-refractivity contribution in [1.82, 2.24) is 19.8 Å². The second kappa shape index (κ2) is 7.73. The molecule has 0 aliphatic carbocycles. The molecule has 0 aliphatic heterocycles. The van der Waals surface area contributed by atoms with E-state index >= 15 is 0 Å². The number of fused-ring (bicyclic) bond motifs is 1. The number of halogens is 1. The van der Waals surface area contributed by atoms with Crippen LogP contribution < -0.4 is 5.32 Å². The number of benzene rings is 2. The van der Waals surface area contributed by atoms with Gasteiger partial charge in [0.1, 0.15) is 5.82 Å². The maximum Gasteiger partial charge on any atom is 0.255 e. The van der Waals surface area contributed by atoms with E-state index in [9.17, 15) is 9.18 Å². The van der Waals surface area contributed by atoms with Gasteiger partial charge in [0.15, 0.2) is 11.5 Å². The van der Waals surface area contributed by atoms with Crippen LogP contribution >= 0.6 is 11.3 Å². The van der Waals surface area contributed by atoms with Gasteiger partial charge in [-0.3, -0.25) is 4.79 Å². The molecule has 0 radical (unpaired) electrons. The van der Waals surface area contributed by atoms with Crippen LogP contribution in [0.25, 0.3) is 27.6 Å². The third kappa shape index (κ3) is 3.80. The first-order valence-electron chi connectivity index (χ1n) is 9.53. The molecule has 0 spiro atoms. The van der Waals surface area contributed by atoms with Crippen molar-refractivity contribution in [1.29, 1.82) is 0 Å². The monoisotopic (exact) mass is 429 g/mol. The van der Waals surface area contributed by atoms with Gasteiger partial charge in [0.05, 0.1) is 10.6 Å². The van der Waals surface area contributed by atoms with Gasteiger partial charge < -0.3 is 5.32 Å². The van der Waals surface area contributed by atoms with Crippen molar-refractivity contribution in [3.63, 3.8) is 0 Å². The van der Waals surface area contributed by atoms with Crippen molar-refractivity contribution in [3.05, 3.63) is 89.1 Å². The Labute approximate surface area is 181 Å². The number of hydrogen-bond donors (Lipinski definition) is 1. The van der Waals surface area contributed by atoms with Crippen LogP contribution in [0.4, 0.5) is 10.1 Å². The highest BCUT2D eigenvalue weighted by molar-refractivity contribution is 7.15. The minimum Gasteiger partial charge on any atom is -0.322 e. The molecule has 0 saturated heterocycles. The highest BCUT2D eigenvalue weighted by Gasteiger charge is 2.13. The average Bonchev–Trinajstić information content (AvgIpc) is 3.39. The molecule has 6 nitrogen and oxygen atoms in total. The molecular weight excluding hydrogens is 413 g/mol. The fourth-order valence-corrected chi connectivity index (χ4v) is 4.05. The van der Waals surface area contributed by atoms with E-state index in [0.29, 0.717) is 22.7 Å². The van der Waals surface area contributed by atoms with E-state index in [1.165, 1.54) is 29.1 Å². The van der Waals surface area contributed by atoms with Crippen LogP contribution in [0.2, 0.25) is 0 Å². The molecule has 1 N–H and O–H groups in total. The number of carbonyl (C=O) groups excluding carboxylic acids is 1. The average molecular weight is 429 g/mol. The van der Waals surface area contributed by atoms with Crippen molar-refractivity contribution < 1.29 is 9.18 Å². The van der Waals surface area contributed by atoms with Crippen LogP contribution in [0.3, 0.4) is 0 Å². The zero-order valence-electron chi connectivity index (χ0n) is 16.4. The van der Waals surface area contributed by atoms with Crippen LogP contribution in [-0.2, 0) is 0 Å². The van der Waals surface area contributed by atoms with Crippen LogP contribution in [0.1, 0.15) is 15.2 Å². The number of aryl methyl sites for hydroxylation is 1. The molecular formula is C23H16FN5OS. The van der Waals surface area contributed by atoms with Crippen molar-refractivity contribution >= 4 is 28.6 Å². The topological polar surface area (TPSA) is 72.2 Å². The summed E-state index contributed by atoms with van der Waals surface area (Å²) in [6.45, 7) is 2.04.